The van der Waals surface area contributed by atoms with Crippen LogP contribution in [0.4, 0.5) is 4.79 Å². The van der Waals surface area contributed by atoms with E-state index in [0.717, 1.165) is 0 Å². The summed E-state index contributed by atoms with van der Waals surface area (Å²) in [6.07, 6.45) is -0.265. The zero-order chi connectivity index (χ0) is 11.5. The Kier molecular flexibility index (Phi) is 4.43. The summed E-state index contributed by atoms with van der Waals surface area (Å²) in [5.74, 6) is 0.416. The van der Waals surface area contributed by atoms with Gasteiger partial charge in [-0.25, -0.2) is 4.79 Å². The first-order valence-electron chi connectivity index (χ1n) is 5.02. The molecular weight excluding hydrogens is 178 g/mol. The summed E-state index contributed by atoms with van der Waals surface area (Å²) in [5, 5.41) is 0. The van der Waals surface area contributed by atoms with E-state index in [9.17, 15) is 4.79 Å². The number of methoxy groups -OCH3 is 1. The van der Waals surface area contributed by atoms with Gasteiger partial charge in [-0.2, -0.15) is 0 Å². The molecule has 0 aliphatic heterocycles. The molecule has 84 valence electrons. The van der Waals surface area contributed by atoms with Crippen LogP contribution in [0.1, 0.15) is 34.6 Å². The largest absolute Gasteiger partial charge is 0.453 e. The first-order chi connectivity index (χ1) is 6.21. The zero-order valence-corrected chi connectivity index (χ0v) is 10.4. The summed E-state index contributed by atoms with van der Waals surface area (Å²) < 4.78 is 4.73. The van der Waals surface area contributed by atoms with Gasteiger partial charge in [-0.1, -0.05) is 34.6 Å². The van der Waals surface area contributed by atoms with E-state index < -0.39 is 0 Å². The molecule has 1 amide bonds. The van der Waals surface area contributed by atoms with Crippen LogP contribution in [-0.2, 0) is 4.74 Å². The van der Waals surface area contributed by atoms with Crippen molar-refractivity contribution < 1.29 is 9.53 Å². The second kappa shape index (κ2) is 4.67. The topological polar surface area (TPSA) is 29.5 Å². The molecule has 0 N–H and O–H groups in total. The van der Waals surface area contributed by atoms with Gasteiger partial charge in [-0.05, 0) is 11.3 Å². The van der Waals surface area contributed by atoms with Crippen molar-refractivity contribution in [3.05, 3.63) is 0 Å². The lowest BCUT2D eigenvalue weighted by Crippen LogP contribution is -2.48. The van der Waals surface area contributed by atoms with Gasteiger partial charge in [0.2, 0.25) is 0 Å². The first-order valence-corrected chi connectivity index (χ1v) is 5.02. The Labute approximate surface area is 87.4 Å². The molecule has 14 heavy (non-hydrogen) atoms. The van der Waals surface area contributed by atoms with E-state index in [0.29, 0.717) is 5.92 Å². The first kappa shape index (κ1) is 13.3. The van der Waals surface area contributed by atoms with Crippen LogP contribution < -0.4 is 0 Å². The van der Waals surface area contributed by atoms with Crippen LogP contribution in [0.5, 0.6) is 0 Å². The van der Waals surface area contributed by atoms with E-state index in [-0.39, 0.29) is 17.6 Å². The van der Waals surface area contributed by atoms with Crippen molar-refractivity contribution in [2.24, 2.45) is 11.3 Å². The molecule has 3 heteroatoms. The van der Waals surface area contributed by atoms with E-state index in [4.69, 9.17) is 4.74 Å². The van der Waals surface area contributed by atoms with Crippen molar-refractivity contribution in [3.8, 4) is 0 Å². The lowest BCUT2D eigenvalue weighted by molar-refractivity contribution is 0.0636. The van der Waals surface area contributed by atoms with Gasteiger partial charge in [-0.3, -0.25) is 0 Å². The maximum atomic E-state index is 11.4. The second-order valence-electron chi connectivity index (χ2n) is 5.14. The molecule has 1 atom stereocenters. The van der Waals surface area contributed by atoms with Crippen LogP contribution >= 0.6 is 0 Å². The van der Waals surface area contributed by atoms with Crippen molar-refractivity contribution in [1.29, 1.82) is 0 Å². The monoisotopic (exact) mass is 201 g/mol. The highest BCUT2D eigenvalue weighted by Crippen LogP contribution is 2.29. The predicted octanol–water partition coefficient (Wildman–Crippen LogP) is 2.76. The number of ether oxygens (including phenoxy) is 1. The molecular formula is C11H23NO2. The van der Waals surface area contributed by atoms with Gasteiger partial charge in [-0.15, -0.1) is 0 Å². The molecule has 0 rings (SSSR count). The van der Waals surface area contributed by atoms with Crippen molar-refractivity contribution in [2.75, 3.05) is 14.2 Å². The molecule has 3 nitrogen and oxygen atoms in total. The van der Waals surface area contributed by atoms with E-state index in [1.54, 1.807) is 11.9 Å². The number of amides is 1. The van der Waals surface area contributed by atoms with Crippen molar-refractivity contribution in [2.45, 2.75) is 40.7 Å². The summed E-state index contributed by atoms with van der Waals surface area (Å²) >= 11 is 0. The van der Waals surface area contributed by atoms with Gasteiger partial charge >= 0.3 is 6.09 Å². The number of nitrogens with zero attached hydrogens (tertiary/aromatic N) is 1. The highest BCUT2D eigenvalue weighted by molar-refractivity contribution is 5.67. The number of hydrogen-bond donors (Lipinski definition) is 0. The van der Waals surface area contributed by atoms with Crippen molar-refractivity contribution >= 4 is 6.09 Å². The minimum Gasteiger partial charge on any atom is -0.453 e. The van der Waals surface area contributed by atoms with E-state index in [1.165, 1.54) is 7.11 Å². The third-order valence-corrected chi connectivity index (χ3v) is 2.40. The van der Waals surface area contributed by atoms with Crippen LogP contribution in [0.2, 0.25) is 0 Å². The highest BCUT2D eigenvalue weighted by Gasteiger charge is 2.33. The predicted molar refractivity (Wildman–Crippen MR) is 58.2 cm³/mol. The normalized spacial score (nSPS) is 14.0. The molecule has 0 aliphatic rings. The molecule has 0 unspecified atom stereocenters. The number of rotatable bonds is 2. The van der Waals surface area contributed by atoms with E-state index >= 15 is 0 Å². The van der Waals surface area contributed by atoms with Gasteiger partial charge < -0.3 is 9.64 Å². The van der Waals surface area contributed by atoms with Gasteiger partial charge in [0.25, 0.3) is 0 Å². The Morgan fingerprint density at radius 3 is 1.93 bits per heavy atom. The molecule has 0 saturated carbocycles. The lowest BCUT2D eigenvalue weighted by Gasteiger charge is -2.40. The van der Waals surface area contributed by atoms with Gasteiger partial charge in [0.1, 0.15) is 0 Å². The fourth-order valence-corrected chi connectivity index (χ4v) is 2.29. The third-order valence-electron chi connectivity index (χ3n) is 2.40. The van der Waals surface area contributed by atoms with Gasteiger partial charge in [0.05, 0.1) is 7.11 Å². The van der Waals surface area contributed by atoms with Crippen molar-refractivity contribution in [1.82, 2.24) is 4.90 Å². The molecule has 0 aliphatic carbocycles. The number of carbonyl (C=O) groups excluding carboxylic acids is 1. The van der Waals surface area contributed by atoms with Gasteiger partial charge in [0, 0.05) is 13.1 Å². The van der Waals surface area contributed by atoms with Crippen molar-refractivity contribution in [3.63, 3.8) is 0 Å². The Bertz CT molecular complexity index is 194. The summed E-state index contributed by atoms with van der Waals surface area (Å²) in [6.45, 7) is 10.6. The average Bonchev–Trinajstić information content (AvgIpc) is 1.99. The van der Waals surface area contributed by atoms with Crippen LogP contribution in [0.25, 0.3) is 0 Å². The summed E-state index contributed by atoms with van der Waals surface area (Å²) in [7, 11) is 3.21. The summed E-state index contributed by atoms with van der Waals surface area (Å²) in [5.41, 5.74) is 0.0666. The van der Waals surface area contributed by atoms with E-state index in [2.05, 4.69) is 34.6 Å². The molecule has 0 heterocycles. The minimum absolute atomic E-state index is 0.0666. The third kappa shape index (κ3) is 3.20. The molecule has 0 bridgehead atoms. The zero-order valence-electron chi connectivity index (χ0n) is 10.4. The molecule has 0 fully saturated rings. The molecule has 0 spiro atoms. The lowest BCUT2D eigenvalue weighted by atomic mass is 9.79. The second-order valence-corrected chi connectivity index (χ2v) is 5.14. The molecule has 0 aromatic heterocycles. The Hall–Kier alpha value is -0.730. The highest BCUT2D eigenvalue weighted by atomic mass is 16.5. The SMILES string of the molecule is COC(=O)N(C)[C@@H](C(C)C)C(C)(C)C. The smallest absolute Gasteiger partial charge is 0.409 e. The molecule has 0 aromatic carbocycles. The molecule has 0 saturated heterocycles. The van der Waals surface area contributed by atoms with Crippen LogP contribution in [0, 0.1) is 11.3 Å². The summed E-state index contributed by atoms with van der Waals surface area (Å²) in [6, 6.07) is 0.190. The maximum Gasteiger partial charge on any atom is 0.409 e. The Balaban J connectivity index is 4.76. The van der Waals surface area contributed by atoms with Crippen LogP contribution in [0.3, 0.4) is 0 Å². The van der Waals surface area contributed by atoms with E-state index in [1.807, 2.05) is 0 Å². The number of hydrogen-bond acceptors (Lipinski definition) is 2. The van der Waals surface area contributed by atoms with Crippen LogP contribution in [0.15, 0.2) is 0 Å². The maximum absolute atomic E-state index is 11.4. The molecule has 0 aromatic rings. The Morgan fingerprint density at radius 1 is 1.29 bits per heavy atom. The fraction of sp³-hybridized carbons (Fsp3) is 0.909. The average molecular weight is 201 g/mol. The van der Waals surface area contributed by atoms with Gasteiger partial charge in [0.15, 0.2) is 0 Å². The fourth-order valence-electron chi connectivity index (χ4n) is 2.29. The summed E-state index contributed by atoms with van der Waals surface area (Å²) in [4.78, 5) is 13.1. The number of carbonyl (C=O) groups is 1. The quantitative estimate of drug-likeness (QED) is 0.687. The van der Waals surface area contributed by atoms with Crippen LogP contribution in [-0.4, -0.2) is 31.2 Å². The standard InChI is InChI=1S/C11H23NO2/c1-8(2)9(11(3,4)5)12(6)10(13)14-7/h8-9H,1-7H3/t9-/m0/s1. The minimum atomic E-state index is -0.265. The Morgan fingerprint density at radius 2 is 1.71 bits per heavy atom. The molecule has 0 radical (unpaired) electrons.